The van der Waals surface area contributed by atoms with E-state index in [1.54, 1.807) is 24.8 Å². The van der Waals surface area contributed by atoms with Gasteiger partial charge >= 0.3 is 0 Å². The maximum atomic E-state index is 4.47. The fourth-order valence-electron chi connectivity index (χ4n) is 1.91. The molecule has 0 aliphatic rings. The first kappa shape index (κ1) is 10.8. The molecule has 3 rings (SSSR count). The number of hydrogen-bond acceptors (Lipinski definition) is 5. The second kappa shape index (κ2) is 4.48. The molecule has 0 unspecified atom stereocenters. The van der Waals surface area contributed by atoms with E-state index in [2.05, 4.69) is 30.1 Å². The van der Waals surface area contributed by atoms with Crippen LogP contribution in [0.5, 0.6) is 0 Å². The van der Waals surface area contributed by atoms with E-state index in [1.807, 2.05) is 6.92 Å². The largest absolute Gasteiger partial charge is 0.261 e. The lowest BCUT2D eigenvalue weighted by atomic mass is 10.1. The maximum absolute atomic E-state index is 4.47. The molecule has 0 fully saturated rings. The molecule has 18 heavy (non-hydrogen) atoms. The van der Waals surface area contributed by atoms with Crippen LogP contribution in [-0.2, 0) is 12.8 Å². The zero-order chi connectivity index (χ0) is 12.4. The Morgan fingerprint density at radius 3 is 2.89 bits per heavy atom. The van der Waals surface area contributed by atoms with Gasteiger partial charge in [0.1, 0.15) is 5.82 Å². The van der Waals surface area contributed by atoms with Crippen molar-refractivity contribution in [3.63, 3.8) is 0 Å². The van der Waals surface area contributed by atoms with Crippen LogP contribution in [-0.4, -0.2) is 30.1 Å². The number of hydrogen-bond donors (Lipinski definition) is 1. The smallest absolute Gasteiger partial charge is 0.159 e. The van der Waals surface area contributed by atoms with Crippen molar-refractivity contribution in [3.05, 3.63) is 42.0 Å². The molecule has 3 aromatic rings. The first-order chi connectivity index (χ1) is 8.83. The number of rotatable bonds is 3. The predicted octanol–water partition coefficient (Wildman–Crippen LogP) is 1.24. The van der Waals surface area contributed by atoms with Crippen LogP contribution in [0.3, 0.4) is 0 Å². The van der Waals surface area contributed by atoms with Gasteiger partial charge in [-0.05, 0) is 19.8 Å². The lowest BCUT2D eigenvalue weighted by Crippen LogP contribution is -2.00. The molecular formula is C12H12N6. The predicted molar refractivity (Wildman–Crippen MR) is 65.9 cm³/mol. The van der Waals surface area contributed by atoms with Gasteiger partial charge in [-0.25, -0.2) is 9.97 Å². The Morgan fingerprint density at radius 2 is 2.06 bits per heavy atom. The molecule has 0 saturated carbocycles. The van der Waals surface area contributed by atoms with Crippen LogP contribution in [0, 0.1) is 6.92 Å². The lowest BCUT2D eigenvalue weighted by Gasteiger charge is -2.02. The standard InChI is InChI=1S/C12H12N6/c1-8-16-11(10-7-15-18-12(10)17-8)3-2-9-6-13-4-5-14-9/h4-7H,2-3H2,1H3,(H,15,16,17,18). The first-order valence-corrected chi connectivity index (χ1v) is 5.74. The fourth-order valence-corrected chi connectivity index (χ4v) is 1.91. The SMILES string of the molecule is Cc1nc(CCc2cnccn2)c2cn[nH]c2n1. The minimum absolute atomic E-state index is 0.751. The minimum atomic E-state index is 0.751. The zero-order valence-corrected chi connectivity index (χ0v) is 9.96. The number of aromatic amines is 1. The molecule has 0 bridgehead atoms. The summed E-state index contributed by atoms with van der Waals surface area (Å²) in [5.41, 5.74) is 2.75. The van der Waals surface area contributed by atoms with E-state index in [-0.39, 0.29) is 0 Å². The van der Waals surface area contributed by atoms with Crippen molar-refractivity contribution >= 4 is 11.0 Å². The van der Waals surface area contributed by atoms with Gasteiger partial charge in [-0.3, -0.25) is 15.1 Å². The number of aryl methyl sites for hydroxylation is 3. The molecular weight excluding hydrogens is 228 g/mol. The fraction of sp³-hybridized carbons (Fsp3) is 0.250. The van der Waals surface area contributed by atoms with Gasteiger partial charge in [0.05, 0.1) is 23.0 Å². The van der Waals surface area contributed by atoms with Gasteiger partial charge in [0.15, 0.2) is 5.65 Å². The van der Waals surface area contributed by atoms with Crippen molar-refractivity contribution in [2.45, 2.75) is 19.8 Å². The molecule has 3 aromatic heterocycles. The van der Waals surface area contributed by atoms with Crippen molar-refractivity contribution < 1.29 is 0 Å². The molecule has 0 aromatic carbocycles. The normalized spacial score (nSPS) is 10.9. The van der Waals surface area contributed by atoms with E-state index in [1.165, 1.54) is 0 Å². The van der Waals surface area contributed by atoms with E-state index in [9.17, 15) is 0 Å². The van der Waals surface area contributed by atoms with Crippen molar-refractivity contribution in [2.75, 3.05) is 0 Å². The third kappa shape index (κ3) is 2.04. The number of H-pyrrole nitrogens is 1. The third-order valence-corrected chi connectivity index (χ3v) is 2.74. The Hall–Kier alpha value is -2.37. The van der Waals surface area contributed by atoms with Crippen molar-refractivity contribution in [1.82, 2.24) is 30.1 Å². The minimum Gasteiger partial charge on any atom is -0.261 e. The van der Waals surface area contributed by atoms with Crippen LogP contribution in [0.15, 0.2) is 24.8 Å². The molecule has 0 atom stereocenters. The van der Waals surface area contributed by atoms with Crippen LogP contribution < -0.4 is 0 Å². The van der Waals surface area contributed by atoms with Gasteiger partial charge in [0.2, 0.25) is 0 Å². The van der Waals surface area contributed by atoms with Gasteiger partial charge in [-0.1, -0.05) is 0 Å². The molecule has 0 aliphatic carbocycles. The molecule has 0 aliphatic heterocycles. The van der Waals surface area contributed by atoms with Crippen LogP contribution >= 0.6 is 0 Å². The Balaban J connectivity index is 1.88. The molecule has 1 N–H and O–H groups in total. The lowest BCUT2D eigenvalue weighted by molar-refractivity contribution is 0.862. The Bertz CT molecular complexity index is 661. The third-order valence-electron chi connectivity index (χ3n) is 2.74. The quantitative estimate of drug-likeness (QED) is 0.745. The Morgan fingerprint density at radius 1 is 1.11 bits per heavy atom. The van der Waals surface area contributed by atoms with E-state index >= 15 is 0 Å². The van der Waals surface area contributed by atoms with Gasteiger partial charge in [-0.2, -0.15) is 5.10 Å². The molecule has 0 radical (unpaired) electrons. The topological polar surface area (TPSA) is 80.2 Å². The Labute approximate surface area is 104 Å². The monoisotopic (exact) mass is 240 g/mol. The second-order valence-electron chi connectivity index (χ2n) is 4.05. The molecule has 90 valence electrons. The van der Waals surface area contributed by atoms with Gasteiger partial charge < -0.3 is 0 Å². The van der Waals surface area contributed by atoms with E-state index in [0.29, 0.717) is 0 Å². The highest BCUT2D eigenvalue weighted by Crippen LogP contribution is 2.14. The van der Waals surface area contributed by atoms with Gasteiger partial charge in [0.25, 0.3) is 0 Å². The first-order valence-electron chi connectivity index (χ1n) is 5.74. The number of aromatic nitrogens is 6. The van der Waals surface area contributed by atoms with Crippen LogP contribution in [0.2, 0.25) is 0 Å². The molecule has 0 saturated heterocycles. The molecule has 3 heterocycles. The zero-order valence-electron chi connectivity index (χ0n) is 9.96. The summed E-state index contributed by atoms with van der Waals surface area (Å²) in [6.07, 6.45) is 8.53. The summed E-state index contributed by atoms with van der Waals surface area (Å²) in [6.45, 7) is 1.88. The van der Waals surface area contributed by atoms with Crippen molar-refractivity contribution in [1.29, 1.82) is 0 Å². The van der Waals surface area contributed by atoms with Crippen molar-refractivity contribution in [2.24, 2.45) is 0 Å². The molecule has 6 heteroatoms. The highest BCUT2D eigenvalue weighted by Gasteiger charge is 2.08. The number of fused-ring (bicyclic) bond motifs is 1. The summed E-state index contributed by atoms with van der Waals surface area (Å²) < 4.78 is 0. The van der Waals surface area contributed by atoms with E-state index in [4.69, 9.17) is 0 Å². The van der Waals surface area contributed by atoms with Crippen LogP contribution in [0.1, 0.15) is 17.2 Å². The van der Waals surface area contributed by atoms with E-state index in [0.717, 1.165) is 41.1 Å². The molecule has 6 nitrogen and oxygen atoms in total. The summed E-state index contributed by atoms with van der Waals surface area (Å²) >= 11 is 0. The van der Waals surface area contributed by atoms with Crippen LogP contribution in [0.4, 0.5) is 0 Å². The summed E-state index contributed by atoms with van der Waals surface area (Å²) in [6, 6.07) is 0. The Kier molecular flexibility index (Phi) is 2.68. The average Bonchev–Trinajstić information content (AvgIpc) is 2.85. The summed E-state index contributed by atoms with van der Waals surface area (Å²) in [5, 5.41) is 7.85. The second-order valence-corrected chi connectivity index (χ2v) is 4.05. The van der Waals surface area contributed by atoms with Crippen LogP contribution in [0.25, 0.3) is 11.0 Å². The van der Waals surface area contributed by atoms with Gasteiger partial charge in [-0.15, -0.1) is 0 Å². The summed E-state index contributed by atoms with van der Waals surface area (Å²) in [7, 11) is 0. The molecule has 0 spiro atoms. The summed E-state index contributed by atoms with van der Waals surface area (Å²) in [4.78, 5) is 17.1. The molecule has 0 amide bonds. The summed E-state index contributed by atoms with van der Waals surface area (Å²) in [5.74, 6) is 0.751. The number of nitrogens with zero attached hydrogens (tertiary/aromatic N) is 5. The highest BCUT2D eigenvalue weighted by molar-refractivity contribution is 5.76. The average molecular weight is 240 g/mol. The van der Waals surface area contributed by atoms with Gasteiger partial charge in [0, 0.05) is 18.6 Å². The van der Waals surface area contributed by atoms with E-state index < -0.39 is 0 Å². The highest BCUT2D eigenvalue weighted by atomic mass is 15.1. The number of nitrogens with one attached hydrogen (secondary N) is 1. The van der Waals surface area contributed by atoms with Crippen molar-refractivity contribution in [3.8, 4) is 0 Å². The maximum Gasteiger partial charge on any atom is 0.159 e.